The van der Waals surface area contributed by atoms with Gasteiger partial charge in [-0.2, -0.15) is 0 Å². The van der Waals surface area contributed by atoms with Crippen LogP contribution >= 0.6 is 0 Å². The van der Waals surface area contributed by atoms with Gasteiger partial charge in [-0.05, 0) is 25.0 Å². The molecule has 2 aromatic rings. The van der Waals surface area contributed by atoms with Gasteiger partial charge in [0.1, 0.15) is 5.78 Å². The number of nitrogens with zero attached hydrogens (tertiary/aromatic N) is 2. The highest BCUT2D eigenvalue weighted by Crippen LogP contribution is 2.26. The molecule has 0 spiro atoms. The third-order valence-corrected chi connectivity index (χ3v) is 3.70. The topological polar surface area (TPSA) is 78.0 Å². The first kappa shape index (κ1) is 11.9. The number of imidazole rings is 1. The average Bonchev–Trinajstić information content (AvgIpc) is 2.74. The fourth-order valence-corrected chi connectivity index (χ4v) is 2.65. The van der Waals surface area contributed by atoms with Crippen molar-refractivity contribution in [3.8, 4) is 0 Å². The van der Waals surface area contributed by atoms with E-state index in [1.807, 2.05) is 24.3 Å². The molecule has 1 heterocycles. The van der Waals surface area contributed by atoms with E-state index in [2.05, 4.69) is 4.98 Å². The number of ketones is 1. The highest BCUT2D eigenvalue weighted by molar-refractivity contribution is 5.95. The van der Waals surface area contributed by atoms with Crippen molar-refractivity contribution in [1.29, 1.82) is 0 Å². The van der Waals surface area contributed by atoms with Crippen LogP contribution < -0.4 is 5.73 Å². The van der Waals surface area contributed by atoms with E-state index in [0.717, 1.165) is 11.0 Å². The molecule has 0 aliphatic heterocycles. The maximum atomic E-state index is 12.5. The number of carbonyl (C=O) groups is 2. The van der Waals surface area contributed by atoms with Crippen LogP contribution in [-0.4, -0.2) is 21.2 Å². The first-order chi connectivity index (χ1) is 9.16. The quantitative estimate of drug-likeness (QED) is 0.847. The fraction of sp³-hybridized carbons (Fsp3) is 0.357. The molecule has 98 valence electrons. The summed E-state index contributed by atoms with van der Waals surface area (Å²) in [7, 11) is 0. The zero-order chi connectivity index (χ0) is 13.4. The summed E-state index contributed by atoms with van der Waals surface area (Å²) in [4.78, 5) is 28.0. The number of para-hydroxylation sites is 2. The second kappa shape index (κ2) is 4.50. The van der Waals surface area contributed by atoms with Crippen molar-refractivity contribution >= 4 is 28.7 Å². The molecule has 0 amide bonds. The molecule has 2 N–H and O–H groups in total. The van der Waals surface area contributed by atoms with Gasteiger partial charge in [-0.1, -0.05) is 12.1 Å². The molecule has 1 saturated carbocycles. The molecule has 5 heteroatoms. The number of nitrogen functional groups attached to an aromatic ring is 1. The van der Waals surface area contributed by atoms with E-state index in [1.165, 1.54) is 4.57 Å². The van der Waals surface area contributed by atoms with E-state index in [1.54, 1.807) is 0 Å². The summed E-state index contributed by atoms with van der Waals surface area (Å²) in [5.74, 6) is 0.298. The largest absolute Gasteiger partial charge is 0.369 e. The molecule has 0 bridgehead atoms. The van der Waals surface area contributed by atoms with Crippen LogP contribution in [0.4, 0.5) is 5.95 Å². The summed E-state index contributed by atoms with van der Waals surface area (Å²) < 4.78 is 1.48. The van der Waals surface area contributed by atoms with Crippen molar-refractivity contribution in [2.45, 2.75) is 25.7 Å². The van der Waals surface area contributed by atoms with Gasteiger partial charge in [0.25, 0.3) is 0 Å². The number of Topliss-reactive ketones (excluding diaryl/α,β-unsaturated/α-hetero) is 1. The molecule has 0 atom stereocenters. The normalized spacial score (nSPS) is 16.9. The Kier molecular flexibility index (Phi) is 2.81. The second-order valence-electron chi connectivity index (χ2n) is 4.95. The van der Waals surface area contributed by atoms with Crippen LogP contribution in [-0.2, 0) is 4.79 Å². The molecular weight excluding hydrogens is 242 g/mol. The van der Waals surface area contributed by atoms with Gasteiger partial charge in [0.15, 0.2) is 0 Å². The second-order valence-corrected chi connectivity index (χ2v) is 4.95. The van der Waals surface area contributed by atoms with Crippen LogP contribution in [0.5, 0.6) is 0 Å². The Morgan fingerprint density at radius 1 is 1.26 bits per heavy atom. The minimum Gasteiger partial charge on any atom is -0.369 e. The summed E-state index contributed by atoms with van der Waals surface area (Å²) in [6.07, 6.45) is 2.21. The van der Waals surface area contributed by atoms with Crippen LogP contribution in [0.1, 0.15) is 30.5 Å². The standard InChI is InChI=1S/C14H15N3O2/c15-14-16-11-3-1-2-4-12(11)17(14)13(19)9-5-7-10(18)8-6-9/h1-4,9H,5-8H2,(H2,15,16). The lowest BCUT2D eigenvalue weighted by molar-refractivity contribution is -0.120. The van der Waals surface area contributed by atoms with Crippen LogP contribution in [0.3, 0.4) is 0 Å². The first-order valence-corrected chi connectivity index (χ1v) is 6.45. The van der Waals surface area contributed by atoms with Crippen LogP contribution in [0.15, 0.2) is 24.3 Å². The number of fused-ring (bicyclic) bond motifs is 1. The number of anilines is 1. The molecular formula is C14H15N3O2. The zero-order valence-electron chi connectivity index (χ0n) is 10.5. The van der Waals surface area contributed by atoms with E-state index >= 15 is 0 Å². The number of rotatable bonds is 1. The average molecular weight is 257 g/mol. The third-order valence-electron chi connectivity index (χ3n) is 3.70. The predicted molar refractivity (Wildman–Crippen MR) is 71.7 cm³/mol. The van der Waals surface area contributed by atoms with Crippen LogP contribution in [0.25, 0.3) is 11.0 Å². The Balaban J connectivity index is 1.97. The van der Waals surface area contributed by atoms with E-state index < -0.39 is 0 Å². The molecule has 1 aliphatic carbocycles. The smallest absolute Gasteiger partial charge is 0.237 e. The van der Waals surface area contributed by atoms with Gasteiger partial charge in [0.05, 0.1) is 11.0 Å². The van der Waals surface area contributed by atoms with Crippen molar-refractivity contribution in [1.82, 2.24) is 9.55 Å². The monoisotopic (exact) mass is 257 g/mol. The molecule has 1 aliphatic rings. The molecule has 1 aromatic heterocycles. The summed E-state index contributed by atoms with van der Waals surface area (Å²) >= 11 is 0. The van der Waals surface area contributed by atoms with E-state index in [4.69, 9.17) is 5.73 Å². The lowest BCUT2D eigenvalue weighted by Crippen LogP contribution is -2.27. The zero-order valence-corrected chi connectivity index (χ0v) is 10.5. The van der Waals surface area contributed by atoms with Crippen molar-refractivity contribution < 1.29 is 9.59 Å². The minimum absolute atomic E-state index is 0.0429. The lowest BCUT2D eigenvalue weighted by Gasteiger charge is -2.20. The van der Waals surface area contributed by atoms with Crippen LogP contribution in [0, 0.1) is 5.92 Å². The third kappa shape index (κ3) is 2.01. The summed E-state index contributed by atoms with van der Waals surface area (Å²) in [5.41, 5.74) is 7.31. The summed E-state index contributed by atoms with van der Waals surface area (Å²) in [6, 6.07) is 7.39. The Labute approximate surface area is 110 Å². The molecule has 0 unspecified atom stereocenters. The highest BCUT2D eigenvalue weighted by Gasteiger charge is 2.28. The molecule has 1 fully saturated rings. The molecule has 19 heavy (non-hydrogen) atoms. The molecule has 1 aromatic carbocycles. The molecule has 0 radical (unpaired) electrons. The van der Waals surface area contributed by atoms with Crippen molar-refractivity contribution in [3.63, 3.8) is 0 Å². The number of benzene rings is 1. The summed E-state index contributed by atoms with van der Waals surface area (Å²) in [5, 5.41) is 0. The molecule has 3 rings (SSSR count). The summed E-state index contributed by atoms with van der Waals surface area (Å²) in [6.45, 7) is 0. The van der Waals surface area contributed by atoms with Crippen LogP contribution in [0.2, 0.25) is 0 Å². The van der Waals surface area contributed by atoms with Gasteiger partial charge in [0.2, 0.25) is 11.9 Å². The lowest BCUT2D eigenvalue weighted by atomic mass is 9.88. The van der Waals surface area contributed by atoms with Gasteiger partial charge in [0, 0.05) is 18.8 Å². The predicted octanol–water partition coefficient (Wildman–Crippen LogP) is 2.02. The molecule has 5 nitrogen and oxygen atoms in total. The maximum absolute atomic E-state index is 12.5. The highest BCUT2D eigenvalue weighted by atomic mass is 16.2. The van der Waals surface area contributed by atoms with Crippen molar-refractivity contribution in [2.75, 3.05) is 5.73 Å². The Morgan fingerprint density at radius 2 is 1.95 bits per heavy atom. The van der Waals surface area contributed by atoms with Gasteiger partial charge < -0.3 is 5.73 Å². The van der Waals surface area contributed by atoms with E-state index in [9.17, 15) is 9.59 Å². The number of hydrogen-bond donors (Lipinski definition) is 1. The molecule has 0 saturated heterocycles. The SMILES string of the molecule is Nc1nc2ccccc2n1C(=O)C1CCC(=O)CC1. The number of nitrogens with two attached hydrogens (primary N) is 1. The Morgan fingerprint density at radius 3 is 2.68 bits per heavy atom. The van der Waals surface area contributed by atoms with Crippen molar-refractivity contribution in [2.24, 2.45) is 5.92 Å². The number of carbonyl (C=O) groups excluding carboxylic acids is 2. The van der Waals surface area contributed by atoms with Gasteiger partial charge >= 0.3 is 0 Å². The minimum atomic E-state index is -0.127. The number of aromatic nitrogens is 2. The maximum Gasteiger partial charge on any atom is 0.237 e. The Bertz CT molecular complexity index is 650. The Hall–Kier alpha value is -2.17. The van der Waals surface area contributed by atoms with Gasteiger partial charge in [-0.15, -0.1) is 0 Å². The van der Waals surface area contributed by atoms with Crippen molar-refractivity contribution in [3.05, 3.63) is 24.3 Å². The number of hydrogen-bond acceptors (Lipinski definition) is 4. The fourth-order valence-electron chi connectivity index (χ4n) is 2.65. The van der Waals surface area contributed by atoms with Gasteiger partial charge in [-0.3, -0.25) is 9.59 Å². The van der Waals surface area contributed by atoms with E-state index in [0.29, 0.717) is 25.7 Å². The van der Waals surface area contributed by atoms with Gasteiger partial charge in [-0.25, -0.2) is 9.55 Å². The van der Waals surface area contributed by atoms with E-state index in [-0.39, 0.29) is 23.6 Å². The first-order valence-electron chi connectivity index (χ1n) is 6.45.